The number of hydrogen-bond acceptors (Lipinski definition) is 2. The summed E-state index contributed by atoms with van der Waals surface area (Å²) in [6.45, 7) is 2.07. The molecule has 1 aromatic carbocycles. The summed E-state index contributed by atoms with van der Waals surface area (Å²) in [5, 5.41) is 1.11. The monoisotopic (exact) mass is 239 g/mol. The first kappa shape index (κ1) is 8.63. The van der Waals surface area contributed by atoms with Gasteiger partial charge in [-0.2, -0.15) is 0 Å². The van der Waals surface area contributed by atoms with Crippen LogP contribution < -0.4 is 5.73 Å². The molecular weight excluding hydrogens is 230 g/mol. The zero-order valence-corrected chi connectivity index (χ0v) is 8.89. The lowest BCUT2D eigenvalue weighted by molar-refractivity contribution is 0.631. The van der Waals surface area contributed by atoms with Crippen LogP contribution >= 0.6 is 15.9 Å². The van der Waals surface area contributed by atoms with E-state index in [-0.39, 0.29) is 0 Å². The Labute approximate surface area is 84.8 Å². The van der Waals surface area contributed by atoms with Gasteiger partial charge in [-0.1, -0.05) is 19.1 Å². The van der Waals surface area contributed by atoms with Crippen LogP contribution in [-0.4, -0.2) is 0 Å². The predicted octanol–water partition coefficient (Wildman–Crippen LogP) is 3.34. The average molecular weight is 240 g/mol. The number of halogens is 1. The molecule has 0 aliphatic carbocycles. The molecule has 2 aromatic rings. The summed E-state index contributed by atoms with van der Waals surface area (Å²) in [6.07, 6.45) is 0.898. The zero-order valence-electron chi connectivity index (χ0n) is 7.30. The molecule has 68 valence electrons. The Morgan fingerprint density at radius 2 is 2.23 bits per heavy atom. The Hall–Kier alpha value is -0.960. The van der Waals surface area contributed by atoms with Crippen molar-refractivity contribution in [2.45, 2.75) is 13.3 Å². The van der Waals surface area contributed by atoms with Crippen molar-refractivity contribution >= 4 is 32.8 Å². The lowest BCUT2D eigenvalue weighted by Crippen LogP contribution is -1.86. The van der Waals surface area contributed by atoms with Gasteiger partial charge in [0.15, 0.2) is 11.5 Å². The minimum atomic E-state index is 0.532. The van der Waals surface area contributed by atoms with Gasteiger partial charge < -0.3 is 10.2 Å². The molecule has 0 aliphatic heterocycles. The predicted molar refractivity (Wildman–Crippen MR) is 57.7 cm³/mol. The lowest BCUT2D eigenvalue weighted by Gasteiger charge is -1.92. The maximum Gasteiger partial charge on any atom is 0.194 e. The van der Waals surface area contributed by atoms with Crippen LogP contribution in [0.3, 0.4) is 0 Å². The number of furan rings is 1. The maximum absolute atomic E-state index is 5.75. The molecule has 0 radical (unpaired) electrons. The van der Waals surface area contributed by atoms with Crippen LogP contribution in [0.2, 0.25) is 0 Å². The van der Waals surface area contributed by atoms with Gasteiger partial charge in [-0.15, -0.1) is 0 Å². The number of anilines is 1. The number of aryl methyl sites for hydroxylation is 1. The van der Waals surface area contributed by atoms with Gasteiger partial charge in [0.1, 0.15) is 0 Å². The van der Waals surface area contributed by atoms with Gasteiger partial charge in [0.25, 0.3) is 0 Å². The number of fused-ring (bicyclic) bond motifs is 1. The SMILES string of the molecule is CCc1c(N)oc2c(Br)cccc12. The van der Waals surface area contributed by atoms with Gasteiger partial charge >= 0.3 is 0 Å². The second-order valence-corrected chi connectivity index (χ2v) is 3.77. The van der Waals surface area contributed by atoms with Gasteiger partial charge in [0.05, 0.1) is 4.47 Å². The number of nitrogen functional groups attached to an aromatic ring is 1. The van der Waals surface area contributed by atoms with Crippen LogP contribution in [0.1, 0.15) is 12.5 Å². The first-order chi connectivity index (χ1) is 6.24. The Kier molecular flexibility index (Phi) is 2.04. The zero-order chi connectivity index (χ0) is 9.42. The fourth-order valence-corrected chi connectivity index (χ4v) is 1.97. The smallest absolute Gasteiger partial charge is 0.194 e. The topological polar surface area (TPSA) is 39.2 Å². The molecule has 2 N–H and O–H groups in total. The highest BCUT2D eigenvalue weighted by Crippen LogP contribution is 2.32. The highest BCUT2D eigenvalue weighted by atomic mass is 79.9. The Bertz CT molecular complexity index is 447. The third-order valence-electron chi connectivity index (χ3n) is 2.16. The molecule has 2 nitrogen and oxygen atoms in total. The van der Waals surface area contributed by atoms with Crippen molar-refractivity contribution in [2.75, 3.05) is 5.73 Å². The molecule has 0 atom stereocenters. The largest absolute Gasteiger partial charge is 0.439 e. The van der Waals surface area contributed by atoms with Gasteiger partial charge in [-0.25, -0.2) is 0 Å². The van der Waals surface area contributed by atoms with Gasteiger partial charge in [-0.3, -0.25) is 0 Å². The van der Waals surface area contributed by atoms with Gasteiger partial charge in [-0.05, 0) is 28.4 Å². The summed E-state index contributed by atoms with van der Waals surface area (Å²) in [5.41, 5.74) is 7.68. The van der Waals surface area contributed by atoms with Crippen molar-refractivity contribution in [2.24, 2.45) is 0 Å². The molecule has 0 saturated carbocycles. The molecule has 0 spiro atoms. The van der Waals surface area contributed by atoms with E-state index in [0.29, 0.717) is 5.88 Å². The standard InChI is InChI=1S/C10H10BrNO/c1-2-6-7-4-3-5-8(11)9(7)13-10(6)12/h3-5H,2,12H2,1H3. The number of nitrogens with two attached hydrogens (primary N) is 1. The molecule has 0 amide bonds. The molecule has 1 aromatic heterocycles. The van der Waals surface area contributed by atoms with E-state index in [2.05, 4.69) is 22.9 Å². The first-order valence-electron chi connectivity index (χ1n) is 4.19. The molecule has 0 aliphatic rings. The molecule has 3 heteroatoms. The lowest BCUT2D eigenvalue weighted by atomic mass is 10.1. The van der Waals surface area contributed by atoms with Gasteiger partial charge in [0, 0.05) is 10.9 Å². The van der Waals surface area contributed by atoms with Gasteiger partial charge in [0.2, 0.25) is 0 Å². The van der Waals surface area contributed by atoms with Crippen LogP contribution in [0.5, 0.6) is 0 Å². The molecular formula is C10H10BrNO. The van der Waals surface area contributed by atoms with Crippen molar-refractivity contribution in [3.05, 3.63) is 28.2 Å². The quantitative estimate of drug-likeness (QED) is 0.830. The summed E-state index contributed by atoms with van der Waals surface area (Å²) >= 11 is 3.42. The van der Waals surface area contributed by atoms with Crippen molar-refractivity contribution < 1.29 is 4.42 Å². The van der Waals surface area contributed by atoms with Crippen molar-refractivity contribution in [3.63, 3.8) is 0 Å². The van der Waals surface area contributed by atoms with E-state index < -0.39 is 0 Å². The fraction of sp³-hybridized carbons (Fsp3) is 0.200. The first-order valence-corrected chi connectivity index (χ1v) is 4.98. The Morgan fingerprint density at radius 3 is 2.92 bits per heavy atom. The van der Waals surface area contributed by atoms with E-state index in [0.717, 1.165) is 27.4 Å². The van der Waals surface area contributed by atoms with Crippen molar-refractivity contribution in [3.8, 4) is 0 Å². The Balaban J connectivity index is 2.86. The molecule has 0 bridgehead atoms. The van der Waals surface area contributed by atoms with E-state index >= 15 is 0 Å². The minimum Gasteiger partial charge on any atom is -0.439 e. The molecule has 0 saturated heterocycles. The third kappa shape index (κ3) is 1.23. The van der Waals surface area contributed by atoms with E-state index in [1.807, 2.05) is 18.2 Å². The number of rotatable bonds is 1. The summed E-state index contributed by atoms with van der Waals surface area (Å²) in [4.78, 5) is 0. The van der Waals surface area contributed by atoms with Crippen molar-refractivity contribution in [1.29, 1.82) is 0 Å². The van der Waals surface area contributed by atoms with E-state index in [9.17, 15) is 0 Å². The minimum absolute atomic E-state index is 0.532. The van der Waals surface area contributed by atoms with Crippen LogP contribution in [-0.2, 0) is 6.42 Å². The van der Waals surface area contributed by atoms with Crippen molar-refractivity contribution in [1.82, 2.24) is 0 Å². The molecule has 0 unspecified atom stereocenters. The average Bonchev–Trinajstić information content (AvgIpc) is 2.43. The highest BCUT2D eigenvalue weighted by molar-refractivity contribution is 9.10. The fourth-order valence-electron chi connectivity index (χ4n) is 1.52. The number of hydrogen-bond donors (Lipinski definition) is 1. The Morgan fingerprint density at radius 1 is 1.46 bits per heavy atom. The summed E-state index contributed by atoms with van der Waals surface area (Å²) in [7, 11) is 0. The van der Waals surface area contributed by atoms with Crippen LogP contribution in [0.4, 0.5) is 5.88 Å². The number of benzene rings is 1. The highest BCUT2D eigenvalue weighted by Gasteiger charge is 2.11. The summed E-state index contributed by atoms with van der Waals surface area (Å²) < 4.78 is 6.41. The van der Waals surface area contributed by atoms with E-state index in [1.165, 1.54) is 0 Å². The van der Waals surface area contributed by atoms with Crippen LogP contribution in [0.25, 0.3) is 11.0 Å². The second-order valence-electron chi connectivity index (χ2n) is 2.91. The summed E-state index contributed by atoms with van der Waals surface area (Å²) in [5.74, 6) is 0.532. The molecule has 13 heavy (non-hydrogen) atoms. The molecule has 0 fully saturated rings. The second kappa shape index (κ2) is 3.07. The van der Waals surface area contributed by atoms with E-state index in [1.54, 1.807) is 0 Å². The normalized spacial score (nSPS) is 10.9. The van der Waals surface area contributed by atoms with Crippen LogP contribution in [0.15, 0.2) is 27.1 Å². The maximum atomic E-state index is 5.75. The molecule has 1 heterocycles. The molecule has 2 rings (SSSR count). The summed E-state index contributed by atoms with van der Waals surface area (Å²) in [6, 6.07) is 5.96. The number of para-hydroxylation sites is 1. The van der Waals surface area contributed by atoms with Crippen LogP contribution in [0, 0.1) is 0 Å². The van der Waals surface area contributed by atoms with E-state index in [4.69, 9.17) is 10.2 Å². The third-order valence-corrected chi connectivity index (χ3v) is 2.78.